The second-order valence-corrected chi connectivity index (χ2v) is 13.2. The Balaban J connectivity index is 1.27. The van der Waals surface area contributed by atoms with Crippen molar-refractivity contribution in [3.63, 3.8) is 0 Å². The van der Waals surface area contributed by atoms with E-state index in [0.29, 0.717) is 35.5 Å². The standard InChI is InChI=1S/C34H40ClN3O4/c1-20(2)23-10-14-25(15-11-23)36-31(39)28-27-16-18-34(42-27)29(28)33(41)38(19-17-22-8-12-24(35)13-9-22)30(34)32(40)37-26-7-5-4-6-21(26)3/h8-16,18,20-21,26-30H,4-7,17,19H2,1-3H3,(H,36,39)(H,37,40)/t21?,26?,27-,28?,29-,30?,34?/m1/s1. The van der Waals surface area contributed by atoms with Gasteiger partial charge in [-0.2, -0.15) is 0 Å². The van der Waals surface area contributed by atoms with E-state index in [1.807, 2.05) is 60.7 Å². The molecule has 4 aliphatic rings. The lowest BCUT2D eigenvalue weighted by Crippen LogP contribution is -2.57. The maximum Gasteiger partial charge on any atom is 0.246 e. The van der Waals surface area contributed by atoms with Gasteiger partial charge in [-0.05, 0) is 66.5 Å². The lowest BCUT2D eigenvalue weighted by atomic mass is 9.74. The predicted molar refractivity (Wildman–Crippen MR) is 163 cm³/mol. The zero-order chi connectivity index (χ0) is 29.6. The van der Waals surface area contributed by atoms with Gasteiger partial charge in [0.2, 0.25) is 17.7 Å². The van der Waals surface area contributed by atoms with Crippen molar-refractivity contribution in [3.05, 3.63) is 76.8 Å². The number of halogens is 1. The highest BCUT2D eigenvalue weighted by atomic mass is 35.5. The molecule has 3 heterocycles. The molecule has 0 radical (unpaired) electrons. The van der Waals surface area contributed by atoms with Crippen molar-refractivity contribution in [2.75, 3.05) is 11.9 Å². The molecule has 7 nitrogen and oxygen atoms in total. The van der Waals surface area contributed by atoms with Crippen molar-refractivity contribution in [2.24, 2.45) is 17.8 Å². The number of anilines is 1. The van der Waals surface area contributed by atoms with Crippen molar-refractivity contribution in [1.82, 2.24) is 10.2 Å². The summed E-state index contributed by atoms with van der Waals surface area (Å²) in [7, 11) is 0. The molecule has 6 rings (SSSR count). The summed E-state index contributed by atoms with van der Waals surface area (Å²) in [5, 5.41) is 6.96. The highest BCUT2D eigenvalue weighted by Gasteiger charge is 2.72. The molecule has 1 aliphatic carbocycles. The minimum Gasteiger partial charge on any atom is -0.359 e. The topological polar surface area (TPSA) is 87.7 Å². The average Bonchev–Trinajstić information content (AvgIpc) is 3.61. The van der Waals surface area contributed by atoms with Crippen molar-refractivity contribution in [3.8, 4) is 0 Å². The second-order valence-electron chi connectivity index (χ2n) is 12.8. The molecule has 42 heavy (non-hydrogen) atoms. The highest BCUT2D eigenvalue weighted by Crippen LogP contribution is 2.55. The van der Waals surface area contributed by atoms with Gasteiger partial charge in [0.05, 0.1) is 17.9 Å². The van der Waals surface area contributed by atoms with Crippen LogP contribution < -0.4 is 10.6 Å². The molecular formula is C34H40ClN3O4. The van der Waals surface area contributed by atoms with Crippen LogP contribution in [-0.4, -0.2) is 53.0 Å². The summed E-state index contributed by atoms with van der Waals surface area (Å²) in [4.78, 5) is 43.8. The number of amides is 3. The van der Waals surface area contributed by atoms with E-state index in [0.717, 1.165) is 24.8 Å². The maximum absolute atomic E-state index is 14.2. The molecule has 222 valence electrons. The first-order chi connectivity index (χ1) is 20.2. The summed E-state index contributed by atoms with van der Waals surface area (Å²) in [5.74, 6) is -1.41. The molecule has 0 aromatic heterocycles. The van der Waals surface area contributed by atoms with E-state index in [1.165, 1.54) is 12.0 Å². The molecule has 2 aromatic carbocycles. The largest absolute Gasteiger partial charge is 0.359 e. The van der Waals surface area contributed by atoms with Gasteiger partial charge in [0.1, 0.15) is 11.6 Å². The molecule has 7 atom stereocenters. The number of carbonyl (C=O) groups excluding carboxylic acids is 3. The van der Waals surface area contributed by atoms with E-state index in [9.17, 15) is 14.4 Å². The van der Waals surface area contributed by atoms with Crippen LogP contribution in [0.3, 0.4) is 0 Å². The van der Waals surface area contributed by atoms with Crippen LogP contribution in [0.5, 0.6) is 0 Å². The van der Waals surface area contributed by atoms with Crippen molar-refractivity contribution >= 4 is 35.0 Å². The van der Waals surface area contributed by atoms with Gasteiger partial charge < -0.3 is 20.3 Å². The van der Waals surface area contributed by atoms with E-state index in [4.69, 9.17) is 16.3 Å². The number of ether oxygens (including phenoxy) is 1. The fourth-order valence-electron chi connectivity index (χ4n) is 7.38. The van der Waals surface area contributed by atoms with Crippen LogP contribution in [0, 0.1) is 17.8 Å². The first-order valence-corrected chi connectivity index (χ1v) is 15.7. The first kappa shape index (κ1) is 28.9. The Morgan fingerprint density at radius 1 is 1.05 bits per heavy atom. The van der Waals surface area contributed by atoms with Gasteiger partial charge in [-0.25, -0.2) is 0 Å². The Hall–Kier alpha value is -3.16. The SMILES string of the molecule is CC(C)c1ccc(NC(=O)C2[C@H]3C=CC4(O3)C(C(=O)NC3CCCCC3C)N(CCc3ccc(Cl)cc3)C(=O)[C@@H]24)cc1. The Labute approximate surface area is 253 Å². The van der Waals surface area contributed by atoms with Crippen LogP contribution in [0.1, 0.15) is 63.5 Å². The van der Waals surface area contributed by atoms with Crippen LogP contribution in [0.4, 0.5) is 5.69 Å². The van der Waals surface area contributed by atoms with Crippen molar-refractivity contribution < 1.29 is 19.1 Å². The Bertz CT molecular complexity index is 1370. The summed E-state index contributed by atoms with van der Waals surface area (Å²) < 4.78 is 6.51. The molecule has 2 bridgehead atoms. The van der Waals surface area contributed by atoms with E-state index in [1.54, 1.807) is 4.90 Å². The Morgan fingerprint density at radius 3 is 2.45 bits per heavy atom. The Kier molecular flexibility index (Phi) is 7.92. The van der Waals surface area contributed by atoms with E-state index < -0.39 is 29.6 Å². The number of benzene rings is 2. The van der Waals surface area contributed by atoms with Crippen LogP contribution >= 0.6 is 11.6 Å². The second kappa shape index (κ2) is 11.5. The zero-order valence-corrected chi connectivity index (χ0v) is 25.3. The minimum absolute atomic E-state index is 0.0606. The van der Waals surface area contributed by atoms with E-state index in [2.05, 4.69) is 31.4 Å². The third-order valence-electron chi connectivity index (χ3n) is 9.76. The summed E-state index contributed by atoms with van der Waals surface area (Å²) in [5.41, 5.74) is 1.70. The molecule has 1 spiro atoms. The number of nitrogens with one attached hydrogen (secondary N) is 2. The molecule has 1 saturated carbocycles. The monoisotopic (exact) mass is 589 g/mol. The molecule has 3 fully saturated rings. The molecule has 3 aliphatic heterocycles. The molecular weight excluding hydrogens is 550 g/mol. The smallest absolute Gasteiger partial charge is 0.246 e. The van der Waals surface area contributed by atoms with Crippen molar-refractivity contribution in [2.45, 2.75) is 82.6 Å². The van der Waals surface area contributed by atoms with Gasteiger partial charge in [-0.3, -0.25) is 14.4 Å². The van der Waals surface area contributed by atoms with E-state index >= 15 is 0 Å². The van der Waals surface area contributed by atoms with E-state index in [-0.39, 0.29) is 23.8 Å². The first-order valence-electron chi connectivity index (χ1n) is 15.3. The third-order valence-corrected chi connectivity index (χ3v) is 10.0. The minimum atomic E-state index is -1.17. The average molecular weight is 590 g/mol. The van der Waals surface area contributed by atoms with Crippen LogP contribution in [-0.2, 0) is 25.5 Å². The Morgan fingerprint density at radius 2 is 1.76 bits per heavy atom. The molecule has 2 aromatic rings. The highest BCUT2D eigenvalue weighted by molar-refractivity contribution is 6.30. The fraction of sp³-hybridized carbons (Fsp3) is 0.500. The number of nitrogens with zero attached hydrogens (tertiary/aromatic N) is 1. The molecule has 5 unspecified atom stereocenters. The van der Waals surface area contributed by atoms with Gasteiger partial charge in [0.15, 0.2) is 0 Å². The summed E-state index contributed by atoms with van der Waals surface area (Å²) >= 11 is 6.08. The number of likely N-dealkylation sites (tertiary alicyclic amines) is 1. The molecule has 3 amide bonds. The van der Waals surface area contributed by atoms with Gasteiger partial charge in [-0.1, -0.05) is 81.6 Å². The van der Waals surface area contributed by atoms with Gasteiger partial charge in [0.25, 0.3) is 0 Å². The maximum atomic E-state index is 14.2. The van der Waals surface area contributed by atoms with Gasteiger partial charge >= 0.3 is 0 Å². The number of hydrogen-bond donors (Lipinski definition) is 2. The zero-order valence-electron chi connectivity index (χ0n) is 24.5. The summed E-state index contributed by atoms with van der Waals surface area (Å²) in [6.07, 6.45) is 7.97. The normalized spacial score (nSPS) is 31.5. The lowest BCUT2D eigenvalue weighted by molar-refractivity contribution is -0.141. The number of hydrogen-bond acceptors (Lipinski definition) is 4. The van der Waals surface area contributed by atoms with Gasteiger partial charge in [-0.15, -0.1) is 0 Å². The predicted octanol–water partition coefficient (Wildman–Crippen LogP) is 5.49. The summed E-state index contributed by atoms with van der Waals surface area (Å²) in [6.45, 7) is 6.76. The van der Waals surface area contributed by atoms with Crippen LogP contribution in [0.25, 0.3) is 0 Å². The number of fused-ring (bicyclic) bond motifs is 1. The lowest BCUT2D eigenvalue weighted by Gasteiger charge is -2.36. The number of carbonyl (C=O) groups is 3. The summed E-state index contributed by atoms with van der Waals surface area (Å²) in [6, 6.07) is 14.5. The number of rotatable bonds is 8. The third kappa shape index (κ3) is 5.15. The molecule has 2 N–H and O–H groups in total. The molecule has 8 heteroatoms. The fourth-order valence-corrected chi connectivity index (χ4v) is 7.50. The van der Waals surface area contributed by atoms with Gasteiger partial charge in [0, 0.05) is 23.3 Å². The van der Waals surface area contributed by atoms with Crippen LogP contribution in [0.2, 0.25) is 5.02 Å². The van der Waals surface area contributed by atoms with Crippen LogP contribution in [0.15, 0.2) is 60.7 Å². The molecule has 2 saturated heterocycles. The quantitative estimate of drug-likeness (QED) is 0.399. The van der Waals surface area contributed by atoms with Crippen molar-refractivity contribution in [1.29, 1.82) is 0 Å².